The molecule has 3 aromatic rings. The number of methoxy groups -OCH3 is 1. The molecule has 0 atom stereocenters. The van der Waals surface area contributed by atoms with Gasteiger partial charge in [0.15, 0.2) is 0 Å². The molecule has 3 nitrogen and oxygen atoms in total. The average Bonchev–Trinajstić information content (AvgIpc) is 2.90. The van der Waals surface area contributed by atoms with Gasteiger partial charge in [0.25, 0.3) is 0 Å². The van der Waals surface area contributed by atoms with E-state index in [0.29, 0.717) is 5.92 Å². The number of aromatic nitrogens is 2. The van der Waals surface area contributed by atoms with E-state index in [9.17, 15) is 0 Å². The van der Waals surface area contributed by atoms with E-state index in [1.807, 2.05) is 6.07 Å². The lowest BCUT2D eigenvalue weighted by molar-refractivity contribution is 0.418. The number of rotatable bonds is 3. The smallest absolute Gasteiger partial charge is 0.145 e. The SMILES string of the molecule is COc1cc(I)cc2nc(-c3ccc(C(C)C)cc3)[nH]c12. The molecule has 3 rings (SSSR count). The molecule has 21 heavy (non-hydrogen) atoms. The Bertz CT molecular complexity index is 775. The summed E-state index contributed by atoms with van der Waals surface area (Å²) in [4.78, 5) is 8.05. The summed E-state index contributed by atoms with van der Waals surface area (Å²) in [6.07, 6.45) is 0. The Balaban J connectivity index is 2.08. The topological polar surface area (TPSA) is 37.9 Å². The van der Waals surface area contributed by atoms with Gasteiger partial charge in [-0.25, -0.2) is 4.98 Å². The number of hydrogen-bond donors (Lipinski definition) is 1. The fourth-order valence-corrected chi connectivity index (χ4v) is 2.95. The van der Waals surface area contributed by atoms with Crippen molar-refractivity contribution in [1.29, 1.82) is 0 Å². The number of ether oxygens (including phenoxy) is 1. The van der Waals surface area contributed by atoms with Crippen LogP contribution in [-0.4, -0.2) is 17.1 Å². The second-order valence-electron chi connectivity index (χ2n) is 5.36. The van der Waals surface area contributed by atoms with Gasteiger partial charge in [-0.2, -0.15) is 0 Å². The third-order valence-corrected chi connectivity index (χ3v) is 4.22. The molecule has 2 aromatic carbocycles. The molecule has 0 aliphatic heterocycles. The van der Waals surface area contributed by atoms with Crippen LogP contribution in [0.2, 0.25) is 0 Å². The molecule has 0 bridgehead atoms. The summed E-state index contributed by atoms with van der Waals surface area (Å²) in [6, 6.07) is 12.6. The van der Waals surface area contributed by atoms with Crippen molar-refractivity contribution in [3.05, 3.63) is 45.5 Å². The monoisotopic (exact) mass is 392 g/mol. The maximum atomic E-state index is 5.43. The molecule has 0 fully saturated rings. The summed E-state index contributed by atoms with van der Waals surface area (Å²) in [6.45, 7) is 4.39. The number of nitrogens with one attached hydrogen (secondary N) is 1. The molecule has 4 heteroatoms. The highest BCUT2D eigenvalue weighted by Gasteiger charge is 2.11. The van der Waals surface area contributed by atoms with Gasteiger partial charge in [0.1, 0.15) is 17.1 Å². The zero-order chi connectivity index (χ0) is 15.0. The van der Waals surface area contributed by atoms with Gasteiger partial charge in [0.05, 0.1) is 12.6 Å². The van der Waals surface area contributed by atoms with Gasteiger partial charge in [-0.1, -0.05) is 38.1 Å². The first-order valence-electron chi connectivity index (χ1n) is 6.92. The van der Waals surface area contributed by atoms with Crippen molar-refractivity contribution in [3.8, 4) is 17.1 Å². The van der Waals surface area contributed by atoms with E-state index in [1.54, 1.807) is 7.11 Å². The Kier molecular flexibility index (Phi) is 3.89. The zero-order valence-electron chi connectivity index (χ0n) is 12.3. The van der Waals surface area contributed by atoms with Crippen molar-refractivity contribution in [1.82, 2.24) is 9.97 Å². The van der Waals surface area contributed by atoms with E-state index < -0.39 is 0 Å². The number of halogens is 1. The molecular formula is C17H17IN2O. The van der Waals surface area contributed by atoms with Crippen molar-refractivity contribution in [3.63, 3.8) is 0 Å². The first kappa shape index (κ1) is 14.4. The molecule has 1 aromatic heterocycles. The predicted molar refractivity (Wildman–Crippen MR) is 94.9 cm³/mol. The predicted octanol–water partition coefficient (Wildman–Crippen LogP) is 4.97. The van der Waals surface area contributed by atoms with Crippen molar-refractivity contribution >= 4 is 33.6 Å². The van der Waals surface area contributed by atoms with E-state index in [-0.39, 0.29) is 0 Å². The quantitative estimate of drug-likeness (QED) is 0.640. The summed E-state index contributed by atoms with van der Waals surface area (Å²) in [5.41, 5.74) is 4.30. The van der Waals surface area contributed by atoms with E-state index in [0.717, 1.165) is 31.7 Å². The van der Waals surface area contributed by atoms with Crippen LogP contribution in [-0.2, 0) is 0 Å². The first-order chi connectivity index (χ1) is 10.1. The van der Waals surface area contributed by atoms with Gasteiger partial charge in [0, 0.05) is 9.13 Å². The van der Waals surface area contributed by atoms with E-state index >= 15 is 0 Å². The van der Waals surface area contributed by atoms with Crippen LogP contribution in [0.15, 0.2) is 36.4 Å². The van der Waals surface area contributed by atoms with Crippen LogP contribution in [0.25, 0.3) is 22.4 Å². The van der Waals surface area contributed by atoms with Crippen LogP contribution in [0.3, 0.4) is 0 Å². The maximum Gasteiger partial charge on any atom is 0.145 e. The van der Waals surface area contributed by atoms with Crippen molar-refractivity contribution < 1.29 is 4.74 Å². The molecule has 0 saturated heterocycles. The summed E-state index contributed by atoms with van der Waals surface area (Å²) in [7, 11) is 1.68. The normalized spacial score (nSPS) is 11.3. The Morgan fingerprint density at radius 1 is 1.14 bits per heavy atom. The van der Waals surface area contributed by atoms with Gasteiger partial charge in [-0.05, 0) is 46.2 Å². The number of H-pyrrole nitrogens is 1. The van der Waals surface area contributed by atoms with Crippen LogP contribution < -0.4 is 4.74 Å². The molecule has 0 saturated carbocycles. The number of benzene rings is 2. The lowest BCUT2D eigenvalue weighted by Gasteiger charge is -2.05. The summed E-state index contributed by atoms with van der Waals surface area (Å²) in [5.74, 6) is 2.24. The Labute approximate surface area is 137 Å². The van der Waals surface area contributed by atoms with Crippen LogP contribution in [0.5, 0.6) is 5.75 Å². The highest BCUT2D eigenvalue weighted by atomic mass is 127. The van der Waals surface area contributed by atoms with Crippen LogP contribution >= 0.6 is 22.6 Å². The maximum absolute atomic E-state index is 5.43. The number of nitrogens with zero attached hydrogens (tertiary/aromatic N) is 1. The fraction of sp³-hybridized carbons (Fsp3) is 0.235. The van der Waals surface area contributed by atoms with Crippen LogP contribution in [0.4, 0.5) is 0 Å². The van der Waals surface area contributed by atoms with Gasteiger partial charge in [0.2, 0.25) is 0 Å². The molecule has 0 unspecified atom stereocenters. The molecule has 1 N–H and O–H groups in total. The summed E-state index contributed by atoms with van der Waals surface area (Å²) in [5, 5.41) is 0. The summed E-state index contributed by atoms with van der Waals surface area (Å²) >= 11 is 2.28. The second kappa shape index (κ2) is 5.67. The molecular weight excluding hydrogens is 375 g/mol. The summed E-state index contributed by atoms with van der Waals surface area (Å²) < 4.78 is 6.55. The van der Waals surface area contributed by atoms with E-state index in [4.69, 9.17) is 4.74 Å². The van der Waals surface area contributed by atoms with Gasteiger partial charge >= 0.3 is 0 Å². The number of imidazole rings is 1. The fourth-order valence-electron chi connectivity index (χ4n) is 2.37. The minimum Gasteiger partial charge on any atom is -0.494 e. The highest BCUT2D eigenvalue weighted by Crippen LogP contribution is 2.29. The molecule has 108 valence electrons. The Hall–Kier alpha value is -1.56. The van der Waals surface area contributed by atoms with Crippen LogP contribution in [0, 0.1) is 3.57 Å². The Morgan fingerprint density at radius 3 is 2.48 bits per heavy atom. The molecule has 0 aliphatic carbocycles. The van der Waals surface area contributed by atoms with Crippen LogP contribution in [0.1, 0.15) is 25.3 Å². The average molecular weight is 392 g/mol. The third-order valence-electron chi connectivity index (χ3n) is 3.59. The number of aromatic amines is 1. The first-order valence-corrected chi connectivity index (χ1v) is 8.00. The largest absolute Gasteiger partial charge is 0.494 e. The van der Waals surface area contributed by atoms with Crippen molar-refractivity contribution in [2.45, 2.75) is 19.8 Å². The minimum absolute atomic E-state index is 0.538. The number of fused-ring (bicyclic) bond motifs is 1. The number of hydrogen-bond acceptors (Lipinski definition) is 2. The van der Waals surface area contributed by atoms with Crippen molar-refractivity contribution in [2.24, 2.45) is 0 Å². The standard InChI is InChI=1S/C17H17IN2O/c1-10(2)11-4-6-12(7-5-11)17-19-14-8-13(18)9-15(21-3)16(14)20-17/h4-10H,1-3H3,(H,19,20). The second-order valence-corrected chi connectivity index (χ2v) is 6.61. The van der Waals surface area contributed by atoms with Gasteiger partial charge in [-0.3, -0.25) is 0 Å². The molecule has 0 spiro atoms. The third kappa shape index (κ3) is 2.77. The van der Waals surface area contributed by atoms with Crippen molar-refractivity contribution in [2.75, 3.05) is 7.11 Å². The highest BCUT2D eigenvalue weighted by molar-refractivity contribution is 14.1. The lowest BCUT2D eigenvalue weighted by atomic mass is 10.0. The molecule has 0 aliphatic rings. The minimum atomic E-state index is 0.538. The van der Waals surface area contributed by atoms with Gasteiger partial charge in [-0.15, -0.1) is 0 Å². The Morgan fingerprint density at radius 2 is 1.86 bits per heavy atom. The molecule has 0 radical (unpaired) electrons. The lowest BCUT2D eigenvalue weighted by Crippen LogP contribution is -1.87. The zero-order valence-corrected chi connectivity index (χ0v) is 14.4. The van der Waals surface area contributed by atoms with E-state index in [1.165, 1.54) is 5.56 Å². The molecule has 0 amide bonds. The molecule has 1 heterocycles. The van der Waals surface area contributed by atoms with E-state index in [2.05, 4.69) is 76.7 Å². The van der Waals surface area contributed by atoms with Gasteiger partial charge < -0.3 is 9.72 Å².